The smallest absolute Gasteiger partial charge is 0.0547 e. The van der Waals surface area contributed by atoms with Crippen molar-refractivity contribution in [3.63, 3.8) is 0 Å². The van der Waals surface area contributed by atoms with Crippen LogP contribution in [0.5, 0.6) is 0 Å². The maximum Gasteiger partial charge on any atom is 0.0547 e. The first-order valence-electron chi connectivity index (χ1n) is 27.2. The molecule has 3 heterocycles. The van der Waals surface area contributed by atoms with Gasteiger partial charge in [-0.1, -0.05) is 212 Å². The van der Waals surface area contributed by atoms with Crippen molar-refractivity contribution in [1.82, 2.24) is 9.13 Å². The maximum atomic E-state index is 2.50. The van der Waals surface area contributed by atoms with Gasteiger partial charge in [-0.3, -0.25) is 0 Å². The fraction of sp³-hybridized carbons (Fsp3) is 0. The first-order chi connectivity index (χ1) is 39.2. The molecule has 3 aromatic heterocycles. The molecule has 0 saturated heterocycles. The normalized spacial score (nSPS) is 12.1. The summed E-state index contributed by atoms with van der Waals surface area (Å²) in [5.74, 6) is 0. The lowest BCUT2D eigenvalue weighted by atomic mass is 9.84. The monoisotopic (exact) mass is 1020 g/mol. The van der Waals surface area contributed by atoms with Gasteiger partial charge in [0.25, 0.3) is 0 Å². The summed E-state index contributed by atoms with van der Waals surface area (Å²) < 4.78 is 7.42. The van der Waals surface area contributed by atoms with E-state index in [2.05, 4.69) is 288 Å². The highest BCUT2D eigenvalue weighted by Crippen LogP contribution is 2.51. The molecule has 0 spiro atoms. The first kappa shape index (κ1) is 44.1. The van der Waals surface area contributed by atoms with Crippen LogP contribution in [0.4, 0.5) is 0 Å². The SMILES string of the molecule is c1ccc(-n2c3ccccc3c3ccc(-c4c5ccccc5c(-c5ccc6sc7cccc(-c8c9ccccc9c(-c9ccc%10c%11ccccc%11n(-c%11ccccc%11)c%10c9)c9ccccc89)c7c6c5)c5ccccc45)cc32)cc1. The Hall–Kier alpha value is -10.1. The molecule has 3 heteroatoms. The minimum atomic E-state index is 1.16. The van der Waals surface area contributed by atoms with E-state index in [0.717, 1.165) is 11.4 Å². The van der Waals surface area contributed by atoms with Crippen LogP contribution in [0.25, 0.3) is 163 Å². The summed E-state index contributed by atoms with van der Waals surface area (Å²) in [6, 6.07) is 104. The van der Waals surface area contributed by atoms with E-state index < -0.39 is 0 Å². The summed E-state index contributed by atoms with van der Waals surface area (Å²) in [5.41, 5.74) is 17.1. The quantitative estimate of drug-likeness (QED) is 0.147. The average molecular weight is 1020 g/mol. The van der Waals surface area contributed by atoms with Gasteiger partial charge in [-0.25, -0.2) is 0 Å². The van der Waals surface area contributed by atoms with Crippen LogP contribution in [0.15, 0.2) is 279 Å². The van der Waals surface area contributed by atoms with E-state index in [1.54, 1.807) is 0 Å². The standard InChI is InChI=1S/C76H46N2S/c1-3-20-50(21-4-1)77-66-35-17-15-24-52(66)54-41-38-48(45-68(54)77)73-58-28-9-7-26-56(58)72(57-27-8-10-29-59(57)73)47-40-43-70-65(44-47)76-64(34-19-37-71(76)79-70)75-62-32-13-11-30-60(62)74(61-31-12-14-33-63(61)75)49-39-42-55-53-25-16-18-36-67(53)78(69(55)46-49)51-22-5-2-6-23-51/h1-46H. The molecular weight excluding hydrogens is 973 g/mol. The number of aromatic nitrogens is 2. The van der Waals surface area contributed by atoms with Crippen LogP contribution < -0.4 is 0 Å². The molecule has 0 radical (unpaired) electrons. The molecule has 17 aromatic rings. The van der Waals surface area contributed by atoms with Crippen LogP contribution in [-0.2, 0) is 0 Å². The second-order valence-electron chi connectivity index (χ2n) is 21.0. The van der Waals surface area contributed by atoms with Gasteiger partial charge in [0.15, 0.2) is 0 Å². The number of rotatable bonds is 6. The van der Waals surface area contributed by atoms with Crippen molar-refractivity contribution in [3.8, 4) is 55.9 Å². The topological polar surface area (TPSA) is 9.86 Å². The molecule has 0 N–H and O–H groups in total. The van der Waals surface area contributed by atoms with Crippen LogP contribution in [0.2, 0.25) is 0 Å². The van der Waals surface area contributed by atoms with E-state index in [1.807, 2.05) is 11.3 Å². The highest BCUT2D eigenvalue weighted by molar-refractivity contribution is 7.26. The second kappa shape index (κ2) is 17.2. The van der Waals surface area contributed by atoms with Crippen LogP contribution >= 0.6 is 11.3 Å². The third kappa shape index (κ3) is 6.51. The predicted octanol–water partition coefficient (Wildman–Crippen LogP) is 21.5. The van der Waals surface area contributed by atoms with E-state index in [0.29, 0.717) is 0 Å². The van der Waals surface area contributed by atoms with Crippen molar-refractivity contribution in [2.75, 3.05) is 0 Å². The average Bonchev–Trinajstić information content (AvgIpc) is 4.37. The van der Waals surface area contributed by atoms with Gasteiger partial charge in [0.1, 0.15) is 0 Å². The van der Waals surface area contributed by atoms with Gasteiger partial charge in [0.2, 0.25) is 0 Å². The lowest BCUT2D eigenvalue weighted by molar-refractivity contribution is 1.18. The van der Waals surface area contributed by atoms with E-state index >= 15 is 0 Å². The van der Waals surface area contributed by atoms with Crippen LogP contribution in [0.3, 0.4) is 0 Å². The zero-order valence-electron chi connectivity index (χ0n) is 42.9. The van der Waals surface area contributed by atoms with Crippen LogP contribution in [0.1, 0.15) is 0 Å². The number of hydrogen-bond acceptors (Lipinski definition) is 1. The summed E-state index contributed by atoms with van der Waals surface area (Å²) in [4.78, 5) is 0. The van der Waals surface area contributed by atoms with E-state index in [9.17, 15) is 0 Å². The summed E-state index contributed by atoms with van der Waals surface area (Å²) in [7, 11) is 0. The molecule has 2 nitrogen and oxygen atoms in total. The van der Waals surface area contributed by atoms with Crippen molar-refractivity contribution in [3.05, 3.63) is 279 Å². The number of thiophene rings is 1. The molecular formula is C76H46N2S. The lowest BCUT2D eigenvalue weighted by Crippen LogP contribution is -1.94. The van der Waals surface area contributed by atoms with Gasteiger partial charge < -0.3 is 9.13 Å². The summed E-state index contributed by atoms with van der Waals surface area (Å²) in [5, 5.41) is 17.6. The molecule has 0 bridgehead atoms. The Kier molecular flexibility index (Phi) is 9.62. The Morgan fingerprint density at radius 1 is 0.215 bits per heavy atom. The van der Waals surface area contributed by atoms with Crippen molar-refractivity contribution in [2.24, 2.45) is 0 Å². The highest BCUT2D eigenvalue weighted by atomic mass is 32.1. The Morgan fingerprint density at radius 3 is 1.01 bits per heavy atom. The van der Waals surface area contributed by atoms with Crippen LogP contribution in [0, 0.1) is 0 Å². The van der Waals surface area contributed by atoms with Crippen molar-refractivity contribution < 1.29 is 0 Å². The van der Waals surface area contributed by atoms with Crippen molar-refractivity contribution >= 4 is 118 Å². The maximum absolute atomic E-state index is 2.50. The molecule has 14 aromatic carbocycles. The van der Waals surface area contributed by atoms with Gasteiger partial charge in [0, 0.05) is 53.1 Å². The third-order valence-corrected chi connectivity index (χ3v) is 18.0. The summed E-state index contributed by atoms with van der Waals surface area (Å²) >= 11 is 1.89. The summed E-state index contributed by atoms with van der Waals surface area (Å²) in [6.07, 6.45) is 0. The Morgan fingerprint density at radius 2 is 0.570 bits per heavy atom. The zero-order valence-corrected chi connectivity index (χ0v) is 43.7. The second-order valence-corrected chi connectivity index (χ2v) is 22.1. The minimum absolute atomic E-state index is 1.16. The Balaban J connectivity index is 0.877. The fourth-order valence-corrected chi connectivity index (χ4v) is 14.7. The Bertz CT molecular complexity index is 5250. The molecule has 0 aliphatic rings. The molecule has 79 heavy (non-hydrogen) atoms. The molecule has 0 amide bonds. The molecule has 0 fully saturated rings. The van der Waals surface area contributed by atoms with Gasteiger partial charge in [-0.2, -0.15) is 0 Å². The molecule has 0 unspecified atom stereocenters. The molecule has 0 aliphatic heterocycles. The highest BCUT2D eigenvalue weighted by Gasteiger charge is 2.24. The lowest BCUT2D eigenvalue weighted by Gasteiger charge is -2.19. The van der Waals surface area contributed by atoms with E-state index in [-0.39, 0.29) is 0 Å². The number of fused-ring (bicyclic) bond motifs is 13. The van der Waals surface area contributed by atoms with Crippen molar-refractivity contribution in [2.45, 2.75) is 0 Å². The molecule has 0 atom stereocenters. The number of para-hydroxylation sites is 4. The fourth-order valence-electron chi connectivity index (χ4n) is 13.6. The molecule has 0 saturated carbocycles. The van der Waals surface area contributed by atoms with Gasteiger partial charge in [0.05, 0.1) is 22.1 Å². The van der Waals surface area contributed by atoms with Gasteiger partial charge in [-0.05, 0) is 154 Å². The largest absolute Gasteiger partial charge is 0.309 e. The Labute approximate surface area is 459 Å². The van der Waals surface area contributed by atoms with Gasteiger partial charge in [-0.15, -0.1) is 11.3 Å². The molecule has 0 aliphatic carbocycles. The van der Waals surface area contributed by atoms with Crippen LogP contribution in [-0.4, -0.2) is 9.13 Å². The number of benzene rings is 14. The molecule has 366 valence electrons. The zero-order chi connectivity index (χ0) is 51.7. The van der Waals surface area contributed by atoms with E-state index in [4.69, 9.17) is 0 Å². The van der Waals surface area contributed by atoms with Crippen molar-refractivity contribution in [1.29, 1.82) is 0 Å². The molecule has 17 rings (SSSR count). The number of nitrogens with zero attached hydrogens (tertiary/aromatic N) is 2. The minimum Gasteiger partial charge on any atom is -0.309 e. The third-order valence-electron chi connectivity index (χ3n) is 16.9. The van der Waals surface area contributed by atoms with E-state index in [1.165, 1.54) is 151 Å². The summed E-state index contributed by atoms with van der Waals surface area (Å²) in [6.45, 7) is 0. The van der Waals surface area contributed by atoms with Gasteiger partial charge >= 0.3 is 0 Å². The number of hydrogen-bond donors (Lipinski definition) is 0. The first-order valence-corrected chi connectivity index (χ1v) is 28.1. The predicted molar refractivity (Wildman–Crippen MR) is 340 cm³/mol.